The number of halogens is 3. The lowest BCUT2D eigenvalue weighted by molar-refractivity contribution is -0.138. The molecule has 2 atom stereocenters. The van der Waals surface area contributed by atoms with E-state index in [1.165, 1.54) is 18.2 Å². The van der Waals surface area contributed by atoms with E-state index in [9.17, 15) is 23.2 Å². The van der Waals surface area contributed by atoms with Crippen LogP contribution in [0.25, 0.3) is 0 Å². The molecule has 0 saturated carbocycles. The molecule has 3 rings (SSSR count). The van der Waals surface area contributed by atoms with Crippen LogP contribution in [0, 0.1) is 11.3 Å². The second-order valence-corrected chi connectivity index (χ2v) is 5.77. The maximum Gasteiger partial charge on any atom is 0.416 e. The Morgan fingerprint density at radius 2 is 2.00 bits per heavy atom. The largest absolute Gasteiger partial charge is 0.461 e. The smallest absolute Gasteiger partial charge is 0.416 e. The summed E-state index contributed by atoms with van der Waals surface area (Å²) in [4.78, 5) is 12.5. The highest BCUT2D eigenvalue weighted by molar-refractivity contribution is 5.99. The van der Waals surface area contributed by atoms with Crippen molar-refractivity contribution in [2.24, 2.45) is 5.73 Å². The molecule has 8 heteroatoms. The van der Waals surface area contributed by atoms with Gasteiger partial charge < -0.3 is 15.2 Å². The molecular weight excluding hydrogens is 337 g/mol. The summed E-state index contributed by atoms with van der Waals surface area (Å²) >= 11 is 0. The van der Waals surface area contributed by atoms with Gasteiger partial charge in [0.1, 0.15) is 17.7 Å². The van der Waals surface area contributed by atoms with Gasteiger partial charge in [-0.1, -0.05) is 18.2 Å². The molecular formula is C17H13F3N2O3. The van der Waals surface area contributed by atoms with Crippen LogP contribution in [-0.4, -0.2) is 11.9 Å². The van der Waals surface area contributed by atoms with Gasteiger partial charge in [-0.05, 0) is 18.6 Å². The van der Waals surface area contributed by atoms with Crippen molar-refractivity contribution < 1.29 is 27.4 Å². The third-order valence-electron chi connectivity index (χ3n) is 4.04. The highest BCUT2D eigenvalue weighted by Gasteiger charge is 2.44. The van der Waals surface area contributed by atoms with Gasteiger partial charge in [-0.3, -0.25) is 4.79 Å². The Labute approximate surface area is 141 Å². The molecule has 0 unspecified atom stereocenters. The second kappa shape index (κ2) is 5.84. The summed E-state index contributed by atoms with van der Waals surface area (Å²) < 4.78 is 50.9. The first kappa shape index (κ1) is 16.9. The monoisotopic (exact) mass is 350 g/mol. The number of benzene rings is 1. The minimum absolute atomic E-state index is 0.0223. The van der Waals surface area contributed by atoms with Gasteiger partial charge in [-0.15, -0.1) is 0 Å². The number of carbonyl (C=O) groups is 1. The zero-order valence-electron chi connectivity index (χ0n) is 13.1. The van der Waals surface area contributed by atoms with E-state index in [1.54, 1.807) is 13.0 Å². The van der Waals surface area contributed by atoms with Crippen molar-refractivity contribution in [3.05, 3.63) is 58.4 Å². The fourth-order valence-electron chi connectivity index (χ4n) is 3.01. The molecule has 0 radical (unpaired) electrons. The van der Waals surface area contributed by atoms with Crippen LogP contribution in [0.2, 0.25) is 0 Å². The van der Waals surface area contributed by atoms with Crippen molar-refractivity contribution >= 4 is 5.78 Å². The van der Waals surface area contributed by atoms with E-state index >= 15 is 0 Å². The number of nitriles is 1. The highest BCUT2D eigenvalue weighted by atomic mass is 19.4. The molecule has 2 heterocycles. The summed E-state index contributed by atoms with van der Waals surface area (Å²) in [6, 6.07) is 6.53. The lowest BCUT2D eigenvalue weighted by Gasteiger charge is -2.33. The number of alkyl halides is 3. The minimum atomic E-state index is -4.66. The number of nitrogens with two attached hydrogens (primary N) is 1. The van der Waals surface area contributed by atoms with Crippen molar-refractivity contribution in [2.45, 2.75) is 31.5 Å². The number of nitrogens with zero attached hydrogens (tertiary/aromatic N) is 1. The van der Waals surface area contributed by atoms with Crippen molar-refractivity contribution in [2.75, 3.05) is 0 Å². The van der Waals surface area contributed by atoms with E-state index < -0.39 is 29.5 Å². The number of rotatable bonds is 1. The maximum absolute atomic E-state index is 13.4. The van der Waals surface area contributed by atoms with Crippen LogP contribution in [0.1, 0.15) is 30.4 Å². The molecule has 5 nitrogen and oxygen atoms in total. The highest BCUT2D eigenvalue weighted by Crippen LogP contribution is 2.46. The SMILES string of the molecule is C[C@H]1CC(=O)C2=C(OC(N)=C(C#N)[C@H]2c2ccccc2C(F)(F)F)O1. The summed E-state index contributed by atoms with van der Waals surface area (Å²) in [6.45, 7) is 1.63. The maximum atomic E-state index is 13.4. The number of Topliss-reactive ketones (excluding diaryl/α,β-unsaturated/α-hetero) is 1. The molecule has 2 N–H and O–H groups in total. The van der Waals surface area contributed by atoms with Crippen molar-refractivity contribution in [3.8, 4) is 6.07 Å². The predicted octanol–water partition coefficient (Wildman–Crippen LogP) is 3.10. The average Bonchev–Trinajstić information content (AvgIpc) is 2.52. The Kier molecular flexibility index (Phi) is 3.95. The third kappa shape index (κ3) is 2.82. The van der Waals surface area contributed by atoms with Gasteiger partial charge in [0.2, 0.25) is 5.88 Å². The molecule has 0 bridgehead atoms. The Hall–Kier alpha value is -2.95. The van der Waals surface area contributed by atoms with Crippen LogP contribution in [-0.2, 0) is 20.4 Å². The normalized spacial score (nSPS) is 23.6. The number of carbonyl (C=O) groups excluding carboxylic acids is 1. The molecule has 0 aromatic heterocycles. The minimum Gasteiger partial charge on any atom is -0.461 e. The molecule has 1 aromatic carbocycles. The van der Waals surface area contributed by atoms with Crippen molar-refractivity contribution in [1.29, 1.82) is 5.26 Å². The fraction of sp³-hybridized carbons (Fsp3) is 0.294. The second-order valence-electron chi connectivity index (χ2n) is 5.77. The van der Waals surface area contributed by atoms with E-state index in [0.29, 0.717) is 0 Å². The zero-order valence-corrected chi connectivity index (χ0v) is 13.1. The number of ketones is 1. The third-order valence-corrected chi connectivity index (χ3v) is 4.04. The zero-order chi connectivity index (χ0) is 18.4. The van der Waals surface area contributed by atoms with E-state index in [2.05, 4.69) is 0 Å². The summed E-state index contributed by atoms with van der Waals surface area (Å²) in [5, 5.41) is 9.39. The van der Waals surface area contributed by atoms with Crippen molar-refractivity contribution in [1.82, 2.24) is 0 Å². The van der Waals surface area contributed by atoms with Gasteiger partial charge in [0.05, 0.1) is 17.1 Å². The van der Waals surface area contributed by atoms with Crippen LogP contribution in [0.4, 0.5) is 13.2 Å². The van der Waals surface area contributed by atoms with Crippen LogP contribution in [0.5, 0.6) is 0 Å². The number of ether oxygens (including phenoxy) is 2. The molecule has 25 heavy (non-hydrogen) atoms. The van der Waals surface area contributed by atoms with E-state index in [4.69, 9.17) is 15.2 Å². The number of allylic oxidation sites excluding steroid dienone is 2. The summed E-state index contributed by atoms with van der Waals surface area (Å²) in [5.74, 6) is -2.32. The quantitative estimate of drug-likeness (QED) is 0.841. The molecule has 1 aromatic rings. The molecule has 130 valence electrons. The molecule has 2 aliphatic heterocycles. The standard InChI is InChI=1S/C17H13F3N2O3/c1-8-6-12(23)14-13(10(7-21)15(22)25-16(14)24-8)9-4-2-3-5-11(9)17(18,19)20/h2-5,8,13H,6,22H2,1H3/t8-,13+/m0/s1. The molecule has 0 aliphatic carbocycles. The molecule has 0 amide bonds. The Bertz CT molecular complexity index is 849. The van der Waals surface area contributed by atoms with Gasteiger partial charge in [0, 0.05) is 6.42 Å². The van der Waals surface area contributed by atoms with E-state index in [1.807, 2.05) is 0 Å². The average molecular weight is 350 g/mol. The molecule has 2 aliphatic rings. The Balaban J connectivity index is 2.26. The van der Waals surface area contributed by atoms with Crippen LogP contribution in [0.15, 0.2) is 47.2 Å². The van der Waals surface area contributed by atoms with Gasteiger partial charge in [0.25, 0.3) is 5.95 Å². The van der Waals surface area contributed by atoms with E-state index in [0.717, 1.165) is 6.07 Å². The Morgan fingerprint density at radius 3 is 2.64 bits per heavy atom. The number of hydrogen-bond acceptors (Lipinski definition) is 5. The van der Waals surface area contributed by atoms with Crippen LogP contribution in [0.3, 0.4) is 0 Å². The van der Waals surface area contributed by atoms with Gasteiger partial charge >= 0.3 is 6.18 Å². The van der Waals surface area contributed by atoms with Crippen LogP contribution < -0.4 is 5.73 Å². The lowest BCUT2D eigenvalue weighted by Crippen LogP contribution is -2.33. The van der Waals surface area contributed by atoms with E-state index in [-0.39, 0.29) is 35.0 Å². The molecule has 0 saturated heterocycles. The van der Waals surface area contributed by atoms with Crippen molar-refractivity contribution in [3.63, 3.8) is 0 Å². The van der Waals surface area contributed by atoms with Gasteiger partial charge in [-0.2, -0.15) is 18.4 Å². The first-order valence-electron chi connectivity index (χ1n) is 7.41. The molecule has 0 fully saturated rings. The lowest BCUT2D eigenvalue weighted by atomic mass is 9.78. The predicted molar refractivity (Wildman–Crippen MR) is 79.3 cm³/mol. The van der Waals surface area contributed by atoms with Gasteiger partial charge in [0.15, 0.2) is 5.78 Å². The topological polar surface area (TPSA) is 85.3 Å². The summed E-state index contributed by atoms with van der Waals surface area (Å²) in [7, 11) is 0. The molecule has 0 spiro atoms. The fourth-order valence-corrected chi connectivity index (χ4v) is 3.01. The first-order valence-corrected chi connectivity index (χ1v) is 7.41. The summed E-state index contributed by atoms with van der Waals surface area (Å²) in [5.41, 5.74) is 4.16. The first-order chi connectivity index (χ1) is 11.7. The van der Waals surface area contributed by atoms with Crippen LogP contribution >= 0.6 is 0 Å². The number of hydrogen-bond donors (Lipinski definition) is 1. The summed E-state index contributed by atoms with van der Waals surface area (Å²) in [6.07, 6.45) is -5.18. The Morgan fingerprint density at radius 1 is 1.32 bits per heavy atom. The van der Waals surface area contributed by atoms with Gasteiger partial charge in [-0.25, -0.2) is 0 Å².